The Labute approximate surface area is 115 Å². The summed E-state index contributed by atoms with van der Waals surface area (Å²) >= 11 is 2.79. The van der Waals surface area contributed by atoms with Crippen LogP contribution < -0.4 is 4.90 Å². The minimum Gasteiger partial charge on any atom is -0.310 e. The lowest BCUT2D eigenvalue weighted by atomic mass is 10.3. The van der Waals surface area contributed by atoms with E-state index >= 15 is 0 Å². The van der Waals surface area contributed by atoms with Gasteiger partial charge in [0.2, 0.25) is 5.91 Å². The molecule has 1 aliphatic rings. The SMILES string of the molecule is O=C1CC(S(=O)(=O)F)CN1c1ccc(F)c(F)c1Br. The highest BCUT2D eigenvalue weighted by Crippen LogP contribution is 2.34. The van der Waals surface area contributed by atoms with Gasteiger partial charge in [-0.1, -0.05) is 0 Å². The van der Waals surface area contributed by atoms with E-state index in [0.29, 0.717) is 0 Å². The standard InChI is InChI=1S/C10H7BrF3NO3S/c11-9-7(2-1-6(12)10(9)13)15-4-5(3-8(15)16)19(14,17)18/h1-2,5H,3-4H2. The fourth-order valence-electron chi connectivity index (χ4n) is 1.82. The molecule has 1 fully saturated rings. The van der Waals surface area contributed by atoms with Crippen LogP contribution in [-0.2, 0) is 15.0 Å². The average Bonchev–Trinajstić information content (AvgIpc) is 2.68. The molecule has 0 bridgehead atoms. The highest BCUT2D eigenvalue weighted by Gasteiger charge is 2.40. The van der Waals surface area contributed by atoms with Crippen molar-refractivity contribution in [2.45, 2.75) is 11.7 Å². The normalized spacial score (nSPS) is 20.1. The maximum Gasteiger partial charge on any atom is 0.307 e. The first kappa shape index (κ1) is 14.3. The van der Waals surface area contributed by atoms with Crippen molar-refractivity contribution in [1.82, 2.24) is 0 Å². The van der Waals surface area contributed by atoms with Gasteiger partial charge in [0.1, 0.15) is 5.25 Å². The molecule has 4 nitrogen and oxygen atoms in total. The van der Waals surface area contributed by atoms with Crippen LogP contribution >= 0.6 is 15.9 Å². The molecule has 1 saturated heterocycles. The van der Waals surface area contributed by atoms with Crippen LogP contribution in [0.25, 0.3) is 0 Å². The Morgan fingerprint density at radius 1 is 1.32 bits per heavy atom. The Morgan fingerprint density at radius 2 is 1.95 bits per heavy atom. The topological polar surface area (TPSA) is 54.5 Å². The number of anilines is 1. The van der Waals surface area contributed by atoms with E-state index in [0.717, 1.165) is 17.0 Å². The molecule has 1 unspecified atom stereocenters. The van der Waals surface area contributed by atoms with E-state index in [1.165, 1.54) is 0 Å². The monoisotopic (exact) mass is 357 g/mol. The Kier molecular flexibility index (Phi) is 3.61. The van der Waals surface area contributed by atoms with Gasteiger partial charge >= 0.3 is 10.2 Å². The lowest BCUT2D eigenvalue weighted by Gasteiger charge is -2.18. The van der Waals surface area contributed by atoms with E-state index in [9.17, 15) is 25.9 Å². The Bertz CT molecular complexity index is 650. The molecule has 9 heteroatoms. The molecule has 2 rings (SSSR count). The minimum absolute atomic E-state index is 0.0324. The van der Waals surface area contributed by atoms with Gasteiger partial charge in [0.05, 0.1) is 10.2 Å². The first-order valence-electron chi connectivity index (χ1n) is 5.09. The predicted octanol–water partition coefficient (Wildman–Crippen LogP) is 2.13. The summed E-state index contributed by atoms with van der Waals surface area (Å²) in [4.78, 5) is 12.5. The Balaban J connectivity index is 2.39. The first-order valence-corrected chi connectivity index (χ1v) is 7.33. The number of carbonyl (C=O) groups is 1. The summed E-state index contributed by atoms with van der Waals surface area (Å²) in [5.74, 6) is -2.98. The van der Waals surface area contributed by atoms with Gasteiger partial charge in [-0.15, -0.1) is 3.89 Å². The van der Waals surface area contributed by atoms with Gasteiger partial charge in [-0.2, -0.15) is 8.42 Å². The molecule has 0 aromatic heterocycles. The number of carbonyl (C=O) groups excluding carboxylic acids is 1. The summed E-state index contributed by atoms with van der Waals surface area (Å²) in [7, 11) is -4.85. The van der Waals surface area contributed by atoms with Crippen molar-refractivity contribution in [3.8, 4) is 0 Å². The van der Waals surface area contributed by atoms with Gasteiger partial charge in [-0.05, 0) is 28.1 Å². The van der Waals surface area contributed by atoms with Crippen LogP contribution in [0.1, 0.15) is 6.42 Å². The molecule has 1 heterocycles. The fraction of sp³-hybridized carbons (Fsp3) is 0.300. The van der Waals surface area contributed by atoms with Crippen LogP contribution in [0, 0.1) is 11.6 Å². The zero-order valence-corrected chi connectivity index (χ0v) is 11.6. The van der Waals surface area contributed by atoms with E-state index in [2.05, 4.69) is 15.9 Å². The van der Waals surface area contributed by atoms with Gasteiger partial charge in [0.25, 0.3) is 0 Å². The van der Waals surface area contributed by atoms with Crippen molar-refractivity contribution >= 4 is 37.7 Å². The van der Waals surface area contributed by atoms with Crippen molar-refractivity contribution in [3.05, 3.63) is 28.2 Å². The van der Waals surface area contributed by atoms with Crippen LogP contribution in [0.15, 0.2) is 16.6 Å². The molecule has 19 heavy (non-hydrogen) atoms. The molecular weight excluding hydrogens is 351 g/mol. The highest BCUT2D eigenvalue weighted by molar-refractivity contribution is 9.10. The summed E-state index contributed by atoms with van der Waals surface area (Å²) in [5.41, 5.74) is -0.0324. The summed E-state index contributed by atoms with van der Waals surface area (Å²) in [6, 6.07) is 1.92. The molecule has 1 aromatic rings. The molecule has 0 saturated carbocycles. The third-order valence-corrected chi connectivity index (χ3v) is 4.66. The number of halogens is 4. The molecule has 0 aliphatic carbocycles. The van der Waals surface area contributed by atoms with Crippen molar-refractivity contribution in [2.75, 3.05) is 11.4 Å². The molecule has 104 valence electrons. The summed E-state index contributed by atoms with van der Waals surface area (Å²) in [6.07, 6.45) is -0.524. The Morgan fingerprint density at radius 3 is 2.47 bits per heavy atom. The van der Waals surface area contributed by atoms with Gasteiger partial charge in [-0.3, -0.25) is 4.79 Å². The van der Waals surface area contributed by atoms with Crippen molar-refractivity contribution in [2.24, 2.45) is 0 Å². The highest BCUT2D eigenvalue weighted by atomic mass is 79.9. The lowest BCUT2D eigenvalue weighted by Crippen LogP contribution is -2.27. The number of hydrogen-bond donors (Lipinski definition) is 0. The van der Waals surface area contributed by atoms with Gasteiger partial charge in [-0.25, -0.2) is 8.78 Å². The lowest BCUT2D eigenvalue weighted by molar-refractivity contribution is -0.117. The van der Waals surface area contributed by atoms with Crippen molar-refractivity contribution < 1.29 is 25.9 Å². The second kappa shape index (κ2) is 4.78. The molecule has 0 spiro atoms. The third kappa shape index (κ3) is 2.62. The number of rotatable bonds is 2. The molecular formula is C10H7BrF3NO3S. The summed E-state index contributed by atoms with van der Waals surface area (Å²) < 4.78 is 60.4. The molecule has 1 atom stereocenters. The molecule has 1 aromatic carbocycles. The first-order chi connectivity index (χ1) is 8.71. The van der Waals surface area contributed by atoms with Gasteiger partial charge in [0, 0.05) is 13.0 Å². The number of nitrogens with zero attached hydrogens (tertiary/aromatic N) is 1. The van der Waals surface area contributed by atoms with E-state index in [4.69, 9.17) is 0 Å². The number of amides is 1. The molecule has 0 N–H and O–H groups in total. The Hall–Kier alpha value is -1.09. The third-order valence-electron chi connectivity index (χ3n) is 2.79. The van der Waals surface area contributed by atoms with E-state index < -0.39 is 46.0 Å². The summed E-state index contributed by atoms with van der Waals surface area (Å²) in [6.45, 7) is -0.429. The van der Waals surface area contributed by atoms with Crippen molar-refractivity contribution in [3.63, 3.8) is 0 Å². The van der Waals surface area contributed by atoms with Gasteiger partial charge < -0.3 is 4.90 Å². The van der Waals surface area contributed by atoms with Crippen LogP contribution in [0.4, 0.5) is 18.4 Å². The summed E-state index contributed by atoms with van der Waals surface area (Å²) in [5, 5.41) is -1.49. The van der Waals surface area contributed by atoms with Gasteiger partial charge in [0.15, 0.2) is 11.6 Å². The maximum absolute atomic E-state index is 13.4. The van der Waals surface area contributed by atoms with Crippen LogP contribution in [-0.4, -0.2) is 26.1 Å². The zero-order valence-electron chi connectivity index (χ0n) is 9.24. The zero-order chi connectivity index (χ0) is 14.4. The number of hydrogen-bond acceptors (Lipinski definition) is 3. The van der Waals surface area contributed by atoms with Crippen LogP contribution in [0.3, 0.4) is 0 Å². The average molecular weight is 358 g/mol. The molecule has 0 radical (unpaired) electrons. The van der Waals surface area contributed by atoms with Crippen molar-refractivity contribution in [1.29, 1.82) is 0 Å². The molecule has 1 amide bonds. The van der Waals surface area contributed by atoms with Crippen LogP contribution in [0.2, 0.25) is 0 Å². The minimum atomic E-state index is -4.85. The molecule has 1 aliphatic heterocycles. The second-order valence-electron chi connectivity index (χ2n) is 4.00. The van der Waals surface area contributed by atoms with E-state index in [1.807, 2.05) is 0 Å². The fourth-order valence-corrected chi connectivity index (χ4v) is 3.02. The largest absolute Gasteiger partial charge is 0.310 e. The second-order valence-corrected chi connectivity index (χ2v) is 6.41. The number of benzene rings is 1. The maximum atomic E-state index is 13.4. The smallest absolute Gasteiger partial charge is 0.307 e. The van der Waals surface area contributed by atoms with E-state index in [-0.39, 0.29) is 10.2 Å². The predicted molar refractivity (Wildman–Crippen MR) is 64.8 cm³/mol. The van der Waals surface area contributed by atoms with E-state index in [1.54, 1.807) is 0 Å². The van der Waals surface area contributed by atoms with Crippen LogP contribution in [0.5, 0.6) is 0 Å². The quantitative estimate of drug-likeness (QED) is 0.601.